The van der Waals surface area contributed by atoms with Gasteiger partial charge in [-0.1, -0.05) is 42.5 Å². The van der Waals surface area contributed by atoms with E-state index in [-0.39, 0.29) is 11.7 Å². The molecular formula is C20H24N2O2. The molecule has 0 aromatic heterocycles. The Kier molecular flexibility index (Phi) is 7.18. The molecule has 1 amide bonds. The van der Waals surface area contributed by atoms with Gasteiger partial charge in [0.05, 0.1) is 0 Å². The van der Waals surface area contributed by atoms with Crippen LogP contribution in [0.15, 0.2) is 54.6 Å². The zero-order valence-electron chi connectivity index (χ0n) is 14.0. The minimum atomic E-state index is -0.0498. The van der Waals surface area contributed by atoms with E-state index in [2.05, 4.69) is 22.8 Å². The summed E-state index contributed by atoms with van der Waals surface area (Å²) in [7, 11) is 0. The molecule has 4 heteroatoms. The maximum absolute atomic E-state index is 11.9. The molecule has 0 bridgehead atoms. The quantitative estimate of drug-likeness (QED) is 0.549. The SMILES string of the molecule is CC(=O)c1cccc(NC(=O)CCNCCCc2ccccc2)c1. The average Bonchev–Trinajstić information content (AvgIpc) is 2.59. The van der Waals surface area contributed by atoms with Gasteiger partial charge in [0.2, 0.25) is 5.91 Å². The number of carbonyl (C=O) groups excluding carboxylic acids is 2. The highest BCUT2D eigenvalue weighted by molar-refractivity contribution is 5.97. The Bertz CT molecular complexity index is 668. The summed E-state index contributed by atoms with van der Waals surface area (Å²) in [5.41, 5.74) is 2.60. The predicted octanol–water partition coefficient (Wildman–Crippen LogP) is 3.44. The average molecular weight is 324 g/mol. The van der Waals surface area contributed by atoms with E-state index < -0.39 is 0 Å². The largest absolute Gasteiger partial charge is 0.326 e. The van der Waals surface area contributed by atoms with E-state index in [4.69, 9.17) is 0 Å². The van der Waals surface area contributed by atoms with Crippen LogP contribution in [-0.2, 0) is 11.2 Å². The summed E-state index contributed by atoms with van der Waals surface area (Å²) in [6.07, 6.45) is 2.50. The number of ketones is 1. The Morgan fingerprint density at radius 3 is 2.50 bits per heavy atom. The lowest BCUT2D eigenvalue weighted by molar-refractivity contribution is -0.116. The van der Waals surface area contributed by atoms with E-state index in [1.807, 2.05) is 18.2 Å². The second kappa shape index (κ2) is 9.63. The third kappa shape index (κ3) is 6.34. The van der Waals surface area contributed by atoms with Gasteiger partial charge in [0, 0.05) is 24.2 Å². The van der Waals surface area contributed by atoms with Crippen LogP contribution < -0.4 is 10.6 Å². The fourth-order valence-electron chi connectivity index (χ4n) is 2.43. The van der Waals surface area contributed by atoms with E-state index in [0.717, 1.165) is 19.4 Å². The van der Waals surface area contributed by atoms with Crippen molar-refractivity contribution in [3.8, 4) is 0 Å². The first-order chi connectivity index (χ1) is 11.6. The molecule has 126 valence electrons. The van der Waals surface area contributed by atoms with E-state index in [9.17, 15) is 9.59 Å². The number of anilines is 1. The third-order valence-electron chi connectivity index (χ3n) is 3.74. The third-order valence-corrected chi connectivity index (χ3v) is 3.74. The van der Waals surface area contributed by atoms with Crippen LogP contribution >= 0.6 is 0 Å². The molecule has 0 aliphatic heterocycles. The van der Waals surface area contributed by atoms with E-state index in [0.29, 0.717) is 24.2 Å². The van der Waals surface area contributed by atoms with Crippen molar-refractivity contribution in [2.75, 3.05) is 18.4 Å². The molecule has 0 aliphatic rings. The molecule has 0 fully saturated rings. The van der Waals surface area contributed by atoms with Crippen LogP contribution in [0.1, 0.15) is 35.7 Å². The van der Waals surface area contributed by atoms with Gasteiger partial charge in [-0.2, -0.15) is 0 Å². The molecule has 0 unspecified atom stereocenters. The van der Waals surface area contributed by atoms with Gasteiger partial charge in [0.25, 0.3) is 0 Å². The summed E-state index contributed by atoms with van der Waals surface area (Å²) < 4.78 is 0. The topological polar surface area (TPSA) is 58.2 Å². The van der Waals surface area contributed by atoms with Crippen molar-refractivity contribution < 1.29 is 9.59 Å². The highest BCUT2D eigenvalue weighted by Gasteiger charge is 2.04. The van der Waals surface area contributed by atoms with Gasteiger partial charge in [0.1, 0.15) is 0 Å². The highest BCUT2D eigenvalue weighted by atomic mass is 16.1. The van der Waals surface area contributed by atoms with Gasteiger partial charge in [-0.25, -0.2) is 0 Å². The molecule has 2 rings (SSSR count). The fraction of sp³-hybridized carbons (Fsp3) is 0.300. The molecule has 0 aliphatic carbocycles. The summed E-state index contributed by atoms with van der Waals surface area (Å²) in [6.45, 7) is 3.05. The predicted molar refractivity (Wildman–Crippen MR) is 97.3 cm³/mol. The number of Topliss-reactive ketones (excluding diaryl/α,β-unsaturated/α-hetero) is 1. The second-order valence-electron chi connectivity index (χ2n) is 5.77. The molecule has 0 heterocycles. The number of amides is 1. The lowest BCUT2D eigenvalue weighted by Gasteiger charge is -2.07. The minimum absolute atomic E-state index is 0.00817. The number of benzene rings is 2. The number of nitrogens with one attached hydrogen (secondary N) is 2. The lowest BCUT2D eigenvalue weighted by Crippen LogP contribution is -2.23. The van der Waals surface area contributed by atoms with Crippen molar-refractivity contribution in [2.45, 2.75) is 26.2 Å². The summed E-state index contributed by atoms with van der Waals surface area (Å²) in [4.78, 5) is 23.2. The smallest absolute Gasteiger partial charge is 0.225 e. The number of hydrogen-bond acceptors (Lipinski definition) is 3. The molecule has 2 N–H and O–H groups in total. The summed E-state index contributed by atoms with van der Waals surface area (Å²) in [6, 6.07) is 17.4. The van der Waals surface area contributed by atoms with E-state index >= 15 is 0 Å². The second-order valence-corrected chi connectivity index (χ2v) is 5.77. The van der Waals surface area contributed by atoms with E-state index in [1.165, 1.54) is 12.5 Å². The summed E-state index contributed by atoms with van der Waals surface area (Å²) in [5.74, 6) is -0.0579. The van der Waals surface area contributed by atoms with Crippen molar-refractivity contribution in [3.05, 3.63) is 65.7 Å². The molecule has 2 aromatic carbocycles. The van der Waals surface area contributed by atoms with Crippen LogP contribution in [0.4, 0.5) is 5.69 Å². The Balaban J connectivity index is 1.61. The van der Waals surface area contributed by atoms with Crippen LogP contribution in [0.3, 0.4) is 0 Å². The van der Waals surface area contributed by atoms with Gasteiger partial charge >= 0.3 is 0 Å². The fourth-order valence-corrected chi connectivity index (χ4v) is 2.43. The number of carbonyl (C=O) groups is 2. The molecule has 0 saturated heterocycles. The molecule has 2 aromatic rings. The van der Waals surface area contributed by atoms with Crippen molar-refractivity contribution in [1.82, 2.24) is 5.32 Å². The zero-order chi connectivity index (χ0) is 17.2. The molecule has 0 saturated carbocycles. The van der Waals surface area contributed by atoms with Gasteiger partial charge < -0.3 is 10.6 Å². The van der Waals surface area contributed by atoms with E-state index in [1.54, 1.807) is 24.3 Å². The number of hydrogen-bond donors (Lipinski definition) is 2. The van der Waals surface area contributed by atoms with Gasteiger partial charge in [-0.05, 0) is 44.0 Å². The highest BCUT2D eigenvalue weighted by Crippen LogP contribution is 2.11. The van der Waals surface area contributed by atoms with Gasteiger partial charge in [0.15, 0.2) is 5.78 Å². The number of rotatable bonds is 9. The van der Waals surface area contributed by atoms with Gasteiger partial charge in [-0.3, -0.25) is 9.59 Å². The molecule has 0 spiro atoms. The van der Waals surface area contributed by atoms with Crippen LogP contribution in [0, 0.1) is 0 Å². The maximum Gasteiger partial charge on any atom is 0.225 e. The van der Waals surface area contributed by atoms with Crippen LogP contribution in [-0.4, -0.2) is 24.8 Å². The Hall–Kier alpha value is -2.46. The van der Waals surface area contributed by atoms with Crippen LogP contribution in [0.25, 0.3) is 0 Å². The Morgan fingerprint density at radius 2 is 1.75 bits per heavy atom. The first kappa shape index (κ1) is 17.9. The Labute approximate surface area is 143 Å². The van der Waals surface area contributed by atoms with Gasteiger partial charge in [-0.15, -0.1) is 0 Å². The maximum atomic E-state index is 11.9. The minimum Gasteiger partial charge on any atom is -0.326 e. The van der Waals surface area contributed by atoms with Crippen molar-refractivity contribution >= 4 is 17.4 Å². The molecule has 0 atom stereocenters. The molecule has 4 nitrogen and oxygen atoms in total. The Morgan fingerprint density at radius 1 is 0.958 bits per heavy atom. The zero-order valence-corrected chi connectivity index (χ0v) is 14.0. The van der Waals surface area contributed by atoms with Crippen LogP contribution in [0.5, 0.6) is 0 Å². The molecule has 0 radical (unpaired) electrons. The lowest BCUT2D eigenvalue weighted by atomic mass is 10.1. The first-order valence-corrected chi connectivity index (χ1v) is 8.30. The van der Waals surface area contributed by atoms with Crippen molar-refractivity contribution in [3.63, 3.8) is 0 Å². The van der Waals surface area contributed by atoms with Crippen LogP contribution in [0.2, 0.25) is 0 Å². The first-order valence-electron chi connectivity index (χ1n) is 8.30. The van der Waals surface area contributed by atoms with Crippen molar-refractivity contribution in [1.29, 1.82) is 0 Å². The van der Waals surface area contributed by atoms with Crippen molar-refractivity contribution in [2.24, 2.45) is 0 Å². The molecule has 24 heavy (non-hydrogen) atoms. The summed E-state index contributed by atoms with van der Waals surface area (Å²) >= 11 is 0. The summed E-state index contributed by atoms with van der Waals surface area (Å²) in [5, 5.41) is 6.11. The monoisotopic (exact) mass is 324 g/mol. The number of aryl methyl sites for hydroxylation is 1. The normalized spacial score (nSPS) is 10.4. The standard InChI is InChI=1S/C20H24N2O2/c1-16(23)18-10-5-11-19(15-18)22-20(24)12-14-21-13-6-9-17-7-3-2-4-8-17/h2-5,7-8,10-11,15,21H,6,9,12-14H2,1H3,(H,22,24). The molecular weight excluding hydrogens is 300 g/mol.